The molecule has 2 heterocycles. The van der Waals surface area contributed by atoms with Gasteiger partial charge < -0.3 is 0 Å². The lowest BCUT2D eigenvalue weighted by Gasteiger charge is -2.00. The molecule has 0 spiro atoms. The fraction of sp³-hybridized carbons (Fsp3) is 0.0667. The first-order valence-electron chi connectivity index (χ1n) is 6.12. The van der Waals surface area contributed by atoms with Crippen molar-refractivity contribution in [2.45, 2.75) is 0 Å². The molecule has 0 atom stereocenters. The smallest absolute Gasteiger partial charge is 0.272 e. The number of carbonyl (C=O) groups excluding carboxylic acids is 2. The lowest BCUT2D eigenvalue weighted by molar-refractivity contribution is -0.121. The van der Waals surface area contributed by atoms with Crippen molar-refractivity contribution >= 4 is 51.9 Å². The number of likely N-dealkylation sites (N-methyl/N-ethyl adjacent to an activating group) is 1. The second kappa shape index (κ2) is 5.67. The summed E-state index contributed by atoms with van der Waals surface area (Å²) in [5.41, 5.74) is 1.08. The van der Waals surface area contributed by atoms with E-state index < -0.39 is 0 Å². The van der Waals surface area contributed by atoms with E-state index in [1.54, 1.807) is 17.4 Å². The first kappa shape index (κ1) is 14.4. The SMILES string of the molecule is CN1C(=O)SC(=Cc2ccc(-c3ccc(Cl)cc3)s2)C1=O. The molecule has 0 bridgehead atoms. The van der Waals surface area contributed by atoms with E-state index in [0.717, 1.165) is 32.0 Å². The van der Waals surface area contributed by atoms with Crippen LogP contribution in [0, 0.1) is 0 Å². The van der Waals surface area contributed by atoms with Gasteiger partial charge in [0, 0.05) is 21.8 Å². The molecule has 1 aliphatic rings. The van der Waals surface area contributed by atoms with Gasteiger partial charge in [-0.1, -0.05) is 23.7 Å². The van der Waals surface area contributed by atoms with Gasteiger partial charge in [0.1, 0.15) is 0 Å². The Hall–Kier alpha value is -1.56. The molecule has 2 amide bonds. The van der Waals surface area contributed by atoms with Gasteiger partial charge in [-0.3, -0.25) is 14.5 Å². The number of benzene rings is 1. The van der Waals surface area contributed by atoms with Crippen molar-refractivity contribution in [1.82, 2.24) is 4.90 Å². The van der Waals surface area contributed by atoms with Crippen LogP contribution in [0.1, 0.15) is 4.88 Å². The van der Waals surface area contributed by atoms with Gasteiger partial charge in [0.25, 0.3) is 11.1 Å². The summed E-state index contributed by atoms with van der Waals surface area (Å²) in [4.78, 5) is 26.9. The Bertz CT molecular complexity index is 749. The lowest BCUT2D eigenvalue weighted by atomic mass is 10.2. The van der Waals surface area contributed by atoms with Crippen LogP contribution in [0.15, 0.2) is 41.3 Å². The number of amides is 2. The maximum atomic E-state index is 11.8. The normalized spacial score (nSPS) is 17.0. The van der Waals surface area contributed by atoms with Crippen molar-refractivity contribution in [1.29, 1.82) is 0 Å². The predicted octanol–water partition coefficient (Wildman–Crippen LogP) is 4.73. The fourth-order valence-electron chi connectivity index (χ4n) is 1.87. The molecule has 6 heteroatoms. The average molecular weight is 336 g/mol. The minimum absolute atomic E-state index is 0.235. The van der Waals surface area contributed by atoms with E-state index in [-0.39, 0.29) is 11.1 Å². The Balaban J connectivity index is 1.87. The van der Waals surface area contributed by atoms with Crippen LogP contribution in [-0.4, -0.2) is 23.1 Å². The molecule has 1 aromatic carbocycles. The summed E-state index contributed by atoms with van der Waals surface area (Å²) in [7, 11) is 1.49. The number of nitrogens with zero attached hydrogens (tertiary/aromatic N) is 1. The Labute approximate surface area is 135 Å². The molecule has 3 rings (SSSR count). The van der Waals surface area contributed by atoms with Crippen LogP contribution < -0.4 is 0 Å². The Morgan fingerprint density at radius 3 is 2.43 bits per heavy atom. The molecular weight excluding hydrogens is 326 g/mol. The van der Waals surface area contributed by atoms with Gasteiger partial charge >= 0.3 is 0 Å². The van der Waals surface area contributed by atoms with Crippen molar-refractivity contribution < 1.29 is 9.59 Å². The predicted molar refractivity (Wildman–Crippen MR) is 88.5 cm³/mol. The first-order valence-corrected chi connectivity index (χ1v) is 8.13. The summed E-state index contributed by atoms with van der Waals surface area (Å²) in [6, 6.07) is 11.5. The topological polar surface area (TPSA) is 37.4 Å². The number of thiophene rings is 1. The van der Waals surface area contributed by atoms with Crippen molar-refractivity contribution in [2.24, 2.45) is 0 Å². The zero-order chi connectivity index (χ0) is 15.0. The highest BCUT2D eigenvalue weighted by molar-refractivity contribution is 8.18. The van der Waals surface area contributed by atoms with Gasteiger partial charge in [-0.05, 0) is 47.7 Å². The van der Waals surface area contributed by atoms with Crippen LogP contribution >= 0.6 is 34.7 Å². The minimum Gasteiger partial charge on any atom is -0.272 e. The summed E-state index contributed by atoms with van der Waals surface area (Å²) >= 11 is 8.42. The number of rotatable bonds is 2. The second-order valence-electron chi connectivity index (χ2n) is 4.45. The van der Waals surface area contributed by atoms with Gasteiger partial charge in [0.15, 0.2) is 0 Å². The zero-order valence-corrected chi connectivity index (χ0v) is 13.4. The van der Waals surface area contributed by atoms with E-state index in [2.05, 4.69) is 0 Å². The third kappa shape index (κ3) is 2.90. The van der Waals surface area contributed by atoms with Crippen LogP contribution in [0.25, 0.3) is 16.5 Å². The van der Waals surface area contributed by atoms with E-state index >= 15 is 0 Å². The fourth-order valence-corrected chi connectivity index (χ4v) is 3.85. The van der Waals surface area contributed by atoms with E-state index in [4.69, 9.17) is 11.6 Å². The molecule has 0 aliphatic carbocycles. The summed E-state index contributed by atoms with van der Waals surface area (Å²) in [6.45, 7) is 0. The van der Waals surface area contributed by atoms with E-state index in [1.165, 1.54) is 7.05 Å². The molecule has 1 saturated heterocycles. The Kier molecular flexibility index (Phi) is 3.89. The minimum atomic E-state index is -0.244. The molecule has 3 nitrogen and oxygen atoms in total. The molecular formula is C15H10ClNO2S2. The summed E-state index contributed by atoms with van der Waals surface area (Å²) < 4.78 is 0. The van der Waals surface area contributed by atoms with Crippen molar-refractivity contribution in [3.8, 4) is 10.4 Å². The third-order valence-electron chi connectivity index (χ3n) is 3.02. The number of thioether (sulfide) groups is 1. The highest BCUT2D eigenvalue weighted by Crippen LogP contribution is 2.34. The van der Waals surface area contributed by atoms with Gasteiger partial charge in [0.2, 0.25) is 0 Å². The number of hydrogen-bond donors (Lipinski definition) is 0. The van der Waals surface area contributed by atoms with Crippen LogP contribution in [0.5, 0.6) is 0 Å². The maximum absolute atomic E-state index is 11.8. The largest absolute Gasteiger partial charge is 0.293 e. The Morgan fingerprint density at radius 2 is 1.81 bits per heavy atom. The number of hydrogen-bond acceptors (Lipinski definition) is 4. The highest BCUT2D eigenvalue weighted by atomic mass is 35.5. The summed E-state index contributed by atoms with van der Waals surface area (Å²) in [5.74, 6) is -0.244. The molecule has 1 aromatic heterocycles. The maximum Gasteiger partial charge on any atom is 0.293 e. The lowest BCUT2D eigenvalue weighted by Crippen LogP contribution is -2.22. The van der Waals surface area contributed by atoms with Crippen LogP contribution in [0.2, 0.25) is 5.02 Å². The number of halogens is 1. The van der Waals surface area contributed by atoms with Crippen molar-refractivity contribution in [3.63, 3.8) is 0 Å². The highest BCUT2D eigenvalue weighted by Gasteiger charge is 2.31. The van der Waals surface area contributed by atoms with E-state index in [1.807, 2.05) is 36.4 Å². The van der Waals surface area contributed by atoms with Gasteiger partial charge in [-0.15, -0.1) is 11.3 Å². The molecule has 0 saturated carbocycles. The molecule has 1 aliphatic heterocycles. The molecule has 21 heavy (non-hydrogen) atoms. The number of carbonyl (C=O) groups is 2. The quantitative estimate of drug-likeness (QED) is 0.744. The van der Waals surface area contributed by atoms with Gasteiger partial charge in [-0.25, -0.2) is 0 Å². The summed E-state index contributed by atoms with van der Waals surface area (Å²) in [6.07, 6.45) is 1.76. The molecule has 106 valence electrons. The van der Waals surface area contributed by atoms with E-state index in [0.29, 0.717) is 9.93 Å². The van der Waals surface area contributed by atoms with Crippen LogP contribution in [-0.2, 0) is 4.79 Å². The van der Waals surface area contributed by atoms with Gasteiger partial charge in [-0.2, -0.15) is 0 Å². The Morgan fingerprint density at radius 1 is 1.10 bits per heavy atom. The third-order valence-corrected chi connectivity index (χ3v) is 5.31. The van der Waals surface area contributed by atoms with Crippen molar-refractivity contribution in [2.75, 3.05) is 7.05 Å². The molecule has 1 fully saturated rings. The first-order chi connectivity index (χ1) is 10.0. The molecule has 0 N–H and O–H groups in total. The molecule has 0 unspecified atom stereocenters. The zero-order valence-electron chi connectivity index (χ0n) is 11.0. The second-order valence-corrected chi connectivity index (χ2v) is 6.99. The molecule has 0 radical (unpaired) electrons. The van der Waals surface area contributed by atoms with Crippen LogP contribution in [0.4, 0.5) is 4.79 Å². The van der Waals surface area contributed by atoms with Crippen molar-refractivity contribution in [3.05, 3.63) is 51.2 Å². The monoisotopic (exact) mass is 335 g/mol. The average Bonchev–Trinajstić information content (AvgIpc) is 3.02. The molecule has 2 aromatic rings. The van der Waals surface area contributed by atoms with E-state index in [9.17, 15) is 9.59 Å². The summed E-state index contributed by atoms with van der Waals surface area (Å²) in [5, 5.41) is 0.466. The standard InChI is InChI=1S/C15H10ClNO2S2/c1-17-14(18)13(21-15(17)19)8-11-6-7-12(20-11)9-2-4-10(16)5-3-9/h2-8H,1H3. The number of imide groups is 1. The van der Waals surface area contributed by atoms with Gasteiger partial charge in [0.05, 0.1) is 4.91 Å². The van der Waals surface area contributed by atoms with Crippen LogP contribution in [0.3, 0.4) is 0 Å².